The van der Waals surface area contributed by atoms with Crippen molar-refractivity contribution >= 4 is 34.5 Å². The van der Waals surface area contributed by atoms with Gasteiger partial charge in [0.25, 0.3) is 0 Å². The number of ether oxygens (including phenoxy) is 2. The molecule has 36 heavy (non-hydrogen) atoms. The number of hydrogen-bond acceptors (Lipinski definition) is 9. The van der Waals surface area contributed by atoms with Gasteiger partial charge in [-0.15, -0.1) is 0 Å². The fourth-order valence-electron chi connectivity index (χ4n) is 4.29. The van der Waals surface area contributed by atoms with E-state index in [2.05, 4.69) is 51.8 Å². The van der Waals surface area contributed by atoms with E-state index in [4.69, 9.17) is 25.7 Å². The van der Waals surface area contributed by atoms with E-state index in [9.17, 15) is 0 Å². The number of fused-ring (bicyclic) bond motifs is 1. The molecule has 1 atom stereocenters. The number of nitrogens with one attached hydrogen (secondary N) is 2. The average Bonchev–Trinajstić information content (AvgIpc) is 3.55. The minimum Gasteiger partial charge on any atom is -0.454 e. The lowest BCUT2D eigenvalue weighted by molar-refractivity contribution is 0.183. The van der Waals surface area contributed by atoms with E-state index in [1.807, 2.05) is 17.7 Å². The Kier molecular flexibility index (Phi) is 5.87. The summed E-state index contributed by atoms with van der Waals surface area (Å²) in [5.41, 5.74) is 9.17. The van der Waals surface area contributed by atoms with Crippen molar-refractivity contribution in [2.45, 2.75) is 45.6 Å². The van der Waals surface area contributed by atoms with Crippen molar-refractivity contribution in [1.29, 1.82) is 5.41 Å². The van der Waals surface area contributed by atoms with E-state index in [0.29, 0.717) is 46.8 Å². The maximum Gasteiger partial charge on any atom is 0.210 e. The zero-order valence-corrected chi connectivity index (χ0v) is 21.2. The summed E-state index contributed by atoms with van der Waals surface area (Å²) < 4.78 is 15.6. The van der Waals surface area contributed by atoms with Gasteiger partial charge < -0.3 is 30.5 Å². The Labute approximate surface area is 209 Å². The number of imidazole rings is 1. The van der Waals surface area contributed by atoms with Crippen LogP contribution < -0.4 is 15.8 Å². The van der Waals surface area contributed by atoms with Gasteiger partial charge in [-0.25, -0.2) is 9.97 Å². The van der Waals surface area contributed by atoms with Crippen LogP contribution in [0.2, 0.25) is 0 Å². The van der Waals surface area contributed by atoms with E-state index >= 15 is 0 Å². The third-order valence-electron chi connectivity index (χ3n) is 6.24. The first-order chi connectivity index (χ1) is 17.1. The zero-order chi connectivity index (χ0) is 25.6. The highest BCUT2D eigenvalue weighted by Crippen LogP contribution is 2.32. The molecule has 0 bridgehead atoms. The first-order valence-corrected chi connectivity index (χ1v) is 11.9. The van der Waals surface area contributed by atoms with Crippen molar-refractivity contribution < 1.29 is 9.47 Å². The van der Waals surface area contributed by atoms with Crippen LogP contribution in [0.5, 0.6) is 11.5 Å². The summed E-state index contributed by atoms with van der Waals surface area (Å²) in [5.74, 6) is 2.65. The maximum absolute atomic E-state index is 7.86. The quantitative estimate of drug-likeness (QED) is 0.340. The molecule has 0 aliphatic carbocycles. The molecule has 4 aromatic rings. The first-order valence-electron chi connectivity index (χ1n) is 11.9. The highest BCUT2D eigenvalue weighted by molar-refractivity contribution is 6.00. The van der Waals surface area contributed by atoms with Gasteiger partial charge in [0.1, 0.15) is 17.3 Å². The van der Waals surface area contributed by atoms with Gasteiger partial charge >= 0.3 is 0 Å². The van der Waals surface area contributed by atoms with Crippen LogP contribution in [-0.4, -0.2) is 48.2 Å². The fraction of sp³-hybridized carbons (Fsp3) is 0.400. The Balaban J connectivity index is 1.43. The molecular weight excluding hydrogens is 458 g/mol. The minimum absolute atomic E-state index is 0.0667. The number of nitrogens with two attached hydrogens (primary N) is 1. The molecule has 0 spiro atoms. The lowest BCUT2D eigenvalue weighted by Crippen LogP contribution is -2.22. The fourth-order valence-corrected chi connectivity index (χ4v) is 4.29. The summed E-state index contributed by atoms with van der Waals surface area (Å²) in [6.45, 7) is 9.64. The molecule has 4 aromatic heterocycles. The standard InChI is InChI=1S/C25H31N9O2/c1-14(26)18-8-16(11-28-22(18)27)36-17-9-19-23(29-12-17)31-24(33(19)5)30-21-10-20(25(2,3)4)34(32-21)15-6-7-35-13-15/h8-12,15,26H,6-7,13H2,1-5H3,(H2,27,28)(H,29,30,31,32)/t15-/m1/s1. The molecule has 11 heteroatoms. The number of nitrogen functional groups attached to an aromatic ring is 1. The molecule has 11 nitrogen and oxygen atoms in total. The molecule has 0 radical (unpaired) electrons. The molecule has 1 aliphatic rings. The molecule has 1 aliphatic heterocycles. The van der Waals surface area contributed by atoms with E-state index < -0.39 is 0 Å². The molecule has 5 heterocycles. The summed E-state index contributed by atoms with van der Waals surface area (Å²) >= 11 is 0. The van der Waals surface area contributed by atoms with E-state index in [1.54, 1.807) is 19.2 Å². The smallest absolute Gasteiger partial charge is 0.210 e. The number of aromatic nitrogens is 6. The highest BCUT2D eigenvalue weighted by Gasteiger charge is 2.28. The zero-order valence-electron chi connectivity index (χ0n) is 21.2. The molecule has 0 amide bonds. The van der Waals surface area contributed by atoms with E-state index in [0.717, 1.165) is 30.1 Å². The summed E-state index contributed by atoms with van der Waals surface area (Å²) in [6, 6.07) is 5.87. The van der Waals surface area contributed by atoms with E-state index in [1.165, 1.54) is 6.20 Å². The van der Waals surface area contributed by atoms with Crippen LogP contribution in [0, 0.1) is 5.41 Å². The number of pyridine rings is 2. The van der Waals surface area contributed by atoms with Gasteiger partial charge in [-0.1, -0.05) is 20.8 Å². The Morgan fingerprint density at radius 3 is 2.64 bits per heavy atom. The van der Waals surface area contributed by atoms with Gasteiger partial charge in [-0.2, -0.15) is 10.1 Å². The number of nitrogens with zero attached hydrogens (tertiary/aromatic N) is 6. The van der Waals surface area contributed by atoms with Crippen LogP contribution >= 0.6 is 0 Å². The van der Waals surface area contributed by atoms with Crippen LogP contribution in [0.4, 0.5) is 17.6 Å². The second-order valence-electron chi connectivity index (χ2n) is 10.1. The van der Waals surface area contributed by atoms with Gasteiger partial charge in [0.05, 0.1) is 30.6 Å². The molecule has 1 fully saturated rings. The van der Waals surface area contributed by atoms with Crippen LogP contribution in [0.3, 0.4) is 0 Å². The summed E-state index contributed by atoms with van der Waals surface area (Å²) in [4.78, 5) is 13.3. The molecule has 4 N–H and O–H groups in total. The Morgan fingerprint density at radius 2 is 1.94 bits per heavy atom. The first kappa shape index (κ1) is 23.7. The monoisotopic (exact) mass is 489 g/mol. The van der Waals surface area contributed by atoms with Gasteiger partial charge in [-0.05, 0) is 19.4 Å². The second kappa shape index (κ2) is 8.90. The summed E-state index contributed by atoms with van der Waals surface area (Å²) in [6.07, 6.45) is 4.09. The van der Waals surface area contributed by atoms with Gasteiger partial charge in [-0.3, -0.25) is 4.68 Å². The Bertz CT molecular complexity index is 1440. The van der Waals surface area contributed by atoms with Crippen LogP contribution in [0.1, 0.15) is 51.4 Å². The second-order valence-corrected chi connectivity index (χ2v) is 10.1. The largest absolute Gasteiger partial charge is 0.454 e. The summed E-state index contributed by atoms with van der Waals surface area (Å²) in [7, 11) is 1.91. The minimum atomic E-state index is -0.0667. The normalized spacial score (nSPS) is 16.0. The lowest BCUT2D eigenvalue weighted by Gasteiger charge is -2.22. The molecule has 0 aromatic carbocycles. The lowest BCUT2D eigenvalue weighted by atomic mass is 9.91. The number of rotatable bonds is 6. The molecule has 188 valence electrons. The highest BCUT2D eigenvalue weighted by atomic mass is 16.5. The third-order valence-corrected chi connectivity index (χ3v) is 6.24. The van der Waals surface area contributed by atoms with Crippen LogP contribution in [0.25, 0.3) is 11.2 Å². The molecule has 5 rings (SSSR count). The molecule has 0 saturated carbocycles. The van der Waals surface area contributed by atoms with Crippen LogP contribution in [-0.2, 0) is 17.2 Å². The van der Waals surface area contributed by atoms with Crippen molar-refractivity contribution in [3.05, 3.63) is 41.9 Å². The Hall–Kier alpha value is -3.99. The van der Waals surface area contributed by atoms with Gasteiger partial charge in [0.2, 0.25) is 5.95 Å². The van der Waals surface area contributed by atoms with Gasteiger partial charge in [0, 0.05) is 48.2 Å². The van der Waals surface area contributed by atoms with Crippen molar-refractivity contribution in [3.8, 4) is 11.5 Å². The van der Waals surface area contributed by atoms with Crippen molar-refractivity contribution in [3.63, 3.8) is 0 Å². The van der Waals surface area contributed by atoms with E-state index in [-0.39, 0.29) is 11.5 Å². The van der Waals surface area contributed by atoms with Crippen molar-refractivity contribution in [2.24, 2.45) is 7.05 Å². The summed E-state index contributed by atoms with van der Waals surface area (Å²) in [5, 5.41) is 16.1. The van der Waals surface area contributed by atoms with Crippen molar-refractivity contribution in [2.75, 3.05) is 24.3 Å². The maximum atomic E-state index is 7.86. The SMILES string of the molecule is CC(=N)c1cc(Oc2cnc3nc(Nc4cc(C(C)(C)C)n([C@@H]5CCOC5)n4)n(C)c3c2)cnc1N. The molecular formula is C25H31N9O2. The average molecular weight is 490 g/mol. The number of anilines is 3. The van der Waals surface area contributed by atoms with Crippen molar-refractivity contribution in [1.82, 2.24) is 29.3 Å². The van der Waals surface area contributed by atoms with Gasteiger partial charge in [0.15, 0.2) is 11.5 Å². The predicted molar refractivity (Wildman–Crippen MR) is 138 cm³/mol. The molecule has 1 saturated heterocycles. The predicted octanol–water partition coefficient (Wildman–Crippen LogP) is 4.32. The topological polar surface area (TPSA) is 142 Å². The third kappa shape index (κ3) is 4.49. The van der Waals surface area contributed by atoms with Crippen LogP contribution in [0.15, 0.2) is 30.6 Å². The molecule has 0 unspecified atom stereocenters. The Morgan fingerprint density at radius 1 is 1.19 bits per heavy atom. The number of aryl methyl sites for hydroxylation is 1. The number of hydrogen-bond donors (Lipinski definition) is 3.